The molecule has 0 atom stereocenters. The van der Waals surface area contributed by atoms with E-state index in [9.17, 15) is 4.79 Å². The van der Waals surface area contributed by atoms with Crippen molar-refractivity contribution in [3.8, 4) is 0 Å². The molecule has 0 aliphatic carbocycles. The number of hydrogen-bond donors (Lipinski definition) is 2. The zero-order valence-corrected chi connectivity index (χ0v) is 11.2. The minimum atomic E-state index is -0.0618. The molecule has 0 fully saturated rings. The van der Waals surface area contributed by atoms with Gasteiger partial charge in [-0.2, -0.15) is 0 Å². The van der Waals surface area contributed by atoms with Gasteiger partial charge in [0.25, 0.3) is 0 Å². The van der Waals surface area contributed by atoms with Crippen LogP contribution in [0.25, 0.3) is 0 Å². The van der Waals surface area contributed by atoms with E-state index in [-0.39, 0.29) is 5.91 Å². The number of anilines is 2. The second kappa shape index (κ2) is 6.19. The first kappa shape index (κ1) is 13.3. The summed E-state index contributed by atoms with van der Waals surface area (Å²) < 4.78 is 1.57. The van der Waals surface area contributed by atoms with Gasteiger partial charge in [0.05, 0.1) is 0 Å². The summed E-state index contributed by atoms with van der Waals surface area (Å²) in [6.07, 6.45) is 0.381. The van der Waals surface area contributed by atoms with Gasteiger partial charge in [0, 0.05) is 30.6 Å². The average Bonchev–Trinajstić information content (AvgIpc) is 2.75. The zero-order valence-electron chi connectivity index (χ0n) is 10.4. The molecule has 0 saturated carbocycles. The molecule has 1 heterocycles. The number of amides is 1. The highest BCUT2D eigenvalue weighted by Crippen LogP contribution is 2.15. The van der Waals surface area contributed by atoms with Crippen molar-refractivity contribution in [1.29, 1.82) is 0 Å². The predicted molar refractivity (Wildman–Crippen MR) is 73.6 cm³/mol. The Balaban J connectivity index is 1.77. The van der Waals surface area contributed by atoms with Crippen LogP contribution in [-0.2, 0) is 11.8 Å². The van der Waals surface area contributed by atoms with E-state index in [0.717, 1.165) is 0 Å². The first-order chi connectivity index (χ1) is 9.15. The van der Waals surface area contributed by atoms with Crippen LogP contribution in [0.3, 0.4) is 0 Å². The first-order valence-corrected chi connectivity index (χ1v) is 6.64. The van der Waals surface area contributed by atoms with Crippen LogP contribution in [0.15, 0.2) is 29.4 Å². The molecular weight excluding hydrogens is 264 g/mol. The van der Waals surface area contributed by atoms with E-state index in [4.69, 9.17) is 5.73 Å². The maximum atomic E-state index is 11.7. The largest absolute Gasteiger partial charge is 0.399 e. The normalized spacial score (nSPS) is 10.4. The molecule has 0 aliphatic rings. The second-order valence-electron chi connectivity index (χ2n) is 3.86. The molecule has 0 aliphatic heterocycles. The second-order valence-corrected chi connectivity index (χ2v) is 4.92. The summed E-state index contributed by atoms with van der Waals surface area (Å²) in [6, 6.07) is 7.09. The third kappa shape index (κ3) is 3.95. The maximum Gasteiger partial charge on any atom is 0.225 e. The molecule has 0 unspecified atom stereocenters. The molecule has 2 rings (SSSR count). The number of hydrogen-bond acceptors (Lipinski definition) is 6. The van der Waals surface area contributed by atoms with Gasteiger partial charge in [-0.15, -0.1) is 5.10 Å². The van der Waals surface area contributed by atoms with Gasteiger partial charge in [0.2, 0.25) is 11.1 Å². The highest BCUT2D eigenvalue weighted by molar-refractivity contribution is 7.99. The van der Waals surface area contributed by atoms with Crippen LogP contribution < -0.4 is 11.1 Å². The third-order valence-corrected chi connectivity index (χ3v) is 3.32. The van der Waals surface area contributed by atoms with Gasteiger partial charge in [0.15, 0.2) is 0 Å². The standard InChI is InChI=1S/C11H14N6OS/c1-17-11(14-15-16-17)19-6-5-10(18)13-9-4-2-3-8(12)7-9/h2-4,7H,5-6,12H2,1H3,(H,13,18). The fourth-order valence-corrected chi connectivity index (χ4v) is 2.21. The van der Waals surface area contributed by atoms with Crippen molar-refractivity contribution in [2.45, 2.75) is 11.6 Å². The molecule has 0 bridgehead atoms. The van der Waals surface area contributed by atoms with Gasteiger partial charge in [-0.05, 0) is 28.6 Å². The lowest BCUT2D eigenvalue weighted by Gasteiger charge is -2.05. The highest BCUT2D eigenvalue weighted by atomic mass is 32.2. The number of tetrazole rings is 1. The van der Waals surface area contributed by atoms with E-state index in [1.807, 2.05) is 0 Å². The Morgan fingerprint density at radius 1 is 1.53 bits per heavy atom. The summed E-state index contributed by atoms with van der Waals surface area (Å²) in [4.78, 5) is 11.7. The van der Waals surface area contributed by atoms with Crippen molar-refractivity contribution in [3.05, 3.63) is 24.3 Å². The fraction of sp³-hybridized carbons (Fsp3) is 0.273. The van der Waals surface area contributed by atoms with E-state index in [1.165, 1.54) is 11.8 Å². The number of benzene rings is 1. The molecule has 2 aromatic rings. The van der Waals surface area contributed by atoms with E-state index >= 15 is 0 Å². The van der Waals surface area contributed by atoms with Gasteiger partial charge < -0.3 is 11.1 Å². The van der Waals surface area contributed by atoms with Gasteiger partial charge in [-0.1, -0.05) is 17.8 Å². The number of nitrogens with one attached hydrogen (secondary N) is 1. The van der Waals surface area contributed by atoms with E-state index in [1.54, 1.807) is 36.0 Å². The summed E-state index contributed by atoms with van der Waals surface area (Å²) in [7, 11) is 1.76. The lowest BCUT2D eigenvalue weighted by Crippen LogP contribution is -2.12. The lowest BCUT2D eigenvalue weighted by molar-refractivity contribution is -0.115. The Morgan fingerprint density at radius 3 is 3.05 bits per heavy atom. The number of nitrogen functional groups attached to an aromatic ring is 1. The summed E-state index contributed by atoms with van der Waals surface area (Å²) in [5, 5.41) is 14.5. The van der Waals surface area contributed by atoms with Crippen LogP contribution in [0.2, 0.25) is 0 Å². The van der Waals surface area contributed by atoms with Crippen molar-refractivity contribution in [2.75, 3.05) is 16.8 Å². The van der Waals surface area contributed by atoms with Crippen LogP contribution in [0.1, 0.15) is 6.42 Å². The Hall–Kier alpha value is -2.09. The fourth-order valence-electron chi connectivity index (χ4n) is 1.42. The Kier molecular flexibility index (Phi) is 4.35. The number of thioether (sulfide) groups is 1. The Labute approximate surface area is 114 Å². The van der Waals surface area contributed by atoms with Gasteiger partial charge in [-0.3, -0.25) is 4.79 Å². The van der Waals surface area contributed by atoms with Gasteiger partial charge in [-0.25, -0.2) is 4.68 Å². The zero-order chi connectivity index (χ0) is 13.7. The van der Waals surface area contributed by atoms with Crippen LogP contribution in [-0.4, -0.2) is 31.9 Å². The van der Waals surface area contributed by atoms with Crippen molar-refractivity contribution >= 4 is 29.0 Å². The highest BCUT2D eigenvalue weighted by Gasteiger charge is 2.06. The minimum Gasteiger partial charge on any atom is -0.399 e. The number of carbonyl (C=O) groups is 1. The molecular formula is C11H14N6OS. The molecule has 100 valence electrons. The minimum absolute atomic E-state index is 0.0618. The predicted octanol–water partition coefficient (Wildman–Crippen LogP) is 0.913. The van der Waals surface area contributed by atoms with Crippen LogP contribution in [0.4, 0.5) is 11.4 Å². The Morgan fingerprint density at radius 2 is 2.37 bits per heavy atom. The SMILES string of the molecule is Cn1nnnc1SCCC(=O)Nc1cccc(N)c1. The molecule has 3 N–H and O–H groups in total. The van der Waals surface area contributed by atoms with Crippen LogP contribution in [0, 0.1) is 0 Å². The molecule has 19 heavy (non-hydrogen) atoms. The van der Waals surface area contributed by atoms with Crippen molar-refractivity contribution in [1.82, 2.24) is 20.2 Å². The van der Waals surface area contributed by atoms with Crippen molar-refractivity contribution < 1.29 is 4.79 Å². The van der Waals surface area contributed by atoms with Crippen molar-refractivity contribution in [3.63, 3.8) is 0 Å². The molecule has 7 nitrogen and oxygen atoms in total. The van der Waals surface area contributed by atoms with Crippen molar-refractivity contribution in [2.24, 2.45) is 7.05 Å². The van der Waals surface area contributed by atoms with Gasteiger partial charge >= 0.3 is 0 Å². The topological polar surface area (TPSA) is 98.7 Å². The molecule has 0 spiro atoms. The molecule has 1 amide bonds. The van der Waals surface area contributed by atoms with Gasteiger partial charge in [0.1, 0.15) is 0 Å². The summed E-state index contributed by atoms with van der Waals surface area (Å²) in [5.74, 6) is 0.552. The number of rotatable bonds is 5. The molecule has 0 saturated heterocycles. The number of aryl methyl sites for hydroxylation is 1. The smallest absolute Gasteiger partial charge is 0.225 e. The Bertz CT molecular complexity index is 570. The molecule has 8 heteroatoms. The quantitative estimate of drug-likeness (QED) is 0.623. The average molecular weight is 278 g/mol. The maximum absolute atomic E-state index is 11.7. The third-order valence-electron chi connectivity index (χ3n) is 2.31. The van der Waals surface area contributed by atoms with E-state index < -0.39 is 0 Å². The van der Waals surface area contributed by atoms with Crippen LogP contribution >= 0.6 is 11.8 Å². The summed E-state index contributed by atoms with van der Waals surface area (Å²) in [6.45, 7) is 0. The number of nitrogens with two attached hydrogens (primary N) is 1. The van der Waals surface area contributed by atoms with Crippen LogP contribution in [0.5, 0.6) is 0 Å². The monoisotopic (exact) mass is 278 g/mol. The summed E-state index contributed by atoms with van der Waals surface area (Å²) in [5.41, 5.74) is 6.96. The number of nitrogens with zero attached hydrogens (tertiary/aromatic N) is 4. The molecule has 1 aromatic carbocycles. The lowest BCUT2D eigenvalue weighted by atomic mass is 10.3. The molecule has 1 aromatic heterocycles. The first-order valence-electron chi connectivity index (χ1n) is 5.65. The number of carbonyl (C=O) groups excluding carboxylic acids is 1. The number of aromatic nitrogens is 4. The summed E-state index contributed by atoms with van der Waals surface area (Å²) >= 11 is 1.44. The molecule has 0 radical (unpaired) electrons. The van der Waals surface area contributed by atoms with E-state index in [2.05, 4.69) is 20.8 Å². The van der Waals surface area contributed by atoms with E-state index in [0.29, 0.717) is 28.7 Å².